The summed E-state index contributed by atoms with van der Waals surface area (Å²) in [6, 6.07) is 0. The number of aliphatic carboxylic acids is 1. The van der Waals surface area contributed by atoms with Crippen LogP contribution in [-0.4, -0.2) is 79.8 Å². The molecule has 1 unspecified atom stereocenters. The maximum absolute atomic E-state index is 12.4. The Labute approximate surface area is 143 Å². The minimum absolute atomic E-state index is 0.0427. The second kappa shape index (κ2) is 9.33. The van der Waals surface area contributed by atoms with E-state index in [1.165, 1.54) is 0 Å². The Morgan fingerprint density at radius 1 is 1.33 bits per heavy atom. The number of hydrogen-bond donors (Lipinski definition) is 1. The molecule has 0 saturated carbocycles. The second-order valence-corrected chi connectivity index (χ2v) is 8.15. The topological polar surface area (TPSA) is 104 Å². The van der Waals surface area contributed by atoms with Gasteiger partial charge in [-0.15, -0.1) is 0 Å². The molecular weight excluding hydrogens is 336 g/mol. The SMILES string of the molecule is CCC(CC)CC(=O)N1CCOC(CN(CC(=O)O)S(C)(=O)=O)C1. The number of carboxylic acid groups (broad SMARTS) is 1. The Morgan fingerprint density at radius 2 is 1.96 bits per heavy atom. The van der Waals surface area contributed by atoms with E-state index in [4.69, 9.17) is 9.84 Å². The van der Waals surface area contributed by atoms with E-state index in [1.807, 2.05) is 0 Å². The number of carbonyl (C=O) groups is 2. The van der Waals surface area contributed by atoms with Gasteiger partial charge in [0.1, 0.15) is 6.54 Å². The first-order chi connectivity index (χ1) is 11.2. The first-order valence-electron chi connectivity index (χ1n) is 8.23. The molecule has 1 saturated heterocycles. The summed E-state index contributed by atoms with van der Waals surface area (Å²) < 4.78 is 29.8. The molecule has 1 aliphatic heterocycles. The highest BCUT2D eigenvalue weighted by atomic mass is 32.2. The van der Waals surface area contributed by atoms with Gasteiger partial charge in [0.2, 0.25) is 15.9 Å². The summed E-state index contributed by atoms with van der Waals surface area (Å²) in [5.74, 6) is -0.836. The molecule has 24 heavy (non-hydrogen) atoms. The van der Waals surface area contributed by atoms with Gasteiger partial charge >= 0.3 is 5.97 Å². The fraction of sp³-hybridized carbons (Fsp3) is 0.867. The van der Waals surface area contributed by atoms with E-state index < -0.39 is 28.6 Å². The zero-order valence-electron chi connectivity index (χ0n) is 14.6. The summed E-state index contributed by atoms with van der Waals surface area (Å²) in [4.78, 5) is 24.9. The molecule has 0 aromatic carbocycles. The Bertz CT molecular complexity index is 532. The minimum atomic E-state index is -3.65. The van der Waals surface area contributed by atoms with E-state index in [9.17, 15) is 18.0 Å². The fourth-order valence-electron chi connectivity index (χ4n) is 2.70. The van der Waals surface area contributed by atoms with Crippen molar-refractivity contribution in [3.05, 3.63) is 0 Å². The van der Waals surface area contributed by atoms with Gasteiger partial charge in [0, 0.05) is 26.1 Å². The third-order valence-corrected chi connectivity index (χ3v) is 5.51. The Kier molecular flexibility index (Phi) is 8.11. The summed E-state index contributed by atoms with van der Waals surface area (Å²) in [5.41, 5.74) is 0. The Morgan fingerprint density at radius 3 is 2.46 bits per heavy atom. The number of nitrogens with zero attached hydrogens (tertiary/aromatic N) is 2. The van der Waals surface area contributed by atoms with Crippen molar-refractivity contribution in [3.63, 3.8) is 0 Å². The van der Waals surface area contributed by atoms with Crippen LogP contribution in [0.5, 0.6) is 0 Å². The van der Waals surface area contributed by atoms with E-state index in [0.29, 0.717) is 25.5 Å². The van der Waals surface area contributed by atoms with Crippen LogP contribution in [0.25, 0.3) is 0 Å². The number of sulfonamides is 1. The van der Waals surface area contributed by atoms with Crippen molar-refractivity contribution >= 4 is 21.9 Å². The van der Waals surface area contributed by atoms with Crippen molar-refractivity contribution < 1.29 is 27.9 Å². The quantitative estimate of drug-likeness (QED) is 0.634. The van der Waals surface area contributed by atoms with Crippen LogP contribution < -0.4 is 0 Å². The lowest BCUT2D eigenvalue weighted by molar-refractivity contribution is -0.142. The Hall–Kier alpha value is -1.19. The first kappa shape index (κ1) is 20.9. The predicted molar refractivity (Wildman–Crippen MR) is 89.1 cm³/mol. The molecule has 1 atom stereocenters. The largest absolute Gasteiger partial charge is 0.480 e. The molecule has 1 rings (SSSR count). The van der Waals surface area contributed by atoms with Gasteiger partial charge < -0.3 is 14.7 Å². The highest BCUT2D eigenvalue weighted by Gasteiger charge is 2.30. The van der Waals surface area contributed by atoms with Crippen LogP contribution in [0.4, 0.5) is 0 Å². The maximum Gasteiger partial charge on any atom is 0.318 e. The second-order valence-electron chi connectivity index (χ2n) is 6.17. The molecule has 0 radical (unpaired) electrons. The van der Waals surface area contributed by atoms with Crippen LogP contribution >= 0.6 is 0 Å². The van der Waals surface area contributed by atoms with Crippen molar-refractivity contribution in [1.29, 1.82) is 0 Å². The fourth-order valence-corrected chi connectivity index (χ4v) is 3.49. The van der Waals surface area contributed by atoms with Crippen LogP contribution in [0.1, 0.15) is 33.1 Å². The summed E-state index contributed by atoms with van der Waals surface area (Å²) in [5, 5.41) is 8.86. The van der Waals surface area contributed by atoms with Crippen molar-refractivity contribution in [3.8, 4) is 0 Å². The lowest BCUT2D eigenvalue weighted by Gasteiger charge is -2.35. The third kappa shape index (κ3) is 6.74. The van der Waals surface area contributed by atoms with Crippen molar-refractivity contribution in [2.45, 2.75) is 39.2 Å². The van der Waals surface area contributed by atoms with Gasteiger partial charge in [-0.3, -0.25) is 9.59 Å². The minimum Gasteiger partial charge on any atom is -0.480 e. The lowest BCUT2D eigenvalue weighted by Crippen LogP contribution is -2.51. The zero-order chi connectivity index (χ0) is 18.3. The number of rotatable bonds is 9. The van der Waals surface area contributed by atoms with Crippen molar-refractivity contribution in [1.82, 2.24) is 9.21 Å². The third-order valence-electron chi connectivity index (χ3n) is 4.30. The monoisotopic (exact) mass is 364 g/mol. The zero-order valence-corrected chi connectivity index (χ0v) is 15.4. The number of amides is 1. The van der Waals surface area contributed by atoms with Gasteiger partial charge in [-0.2, -0.15) is 4.31 Å². The van der Waals surface area contributed by atoms with Crippen molar-refractivity contribution in [2.75, 3.05) is 39.0 Å². The number of morpholine rings is 1. The predicted octanol–water partition coefficient (Wildman–Crippen LogP) is 0.386. The summed E-state index contributed by atoms with van der Waals surface area (Å²) >= 11 is 0. The van der Waals surface area contributed by atoms with Gasteiger partial charge in [-0.1, -0.05) is 26.7 Å². The van der Waals surface area contributed by atoms with Gasteiger partial charge in [-0.25, -0.2) is 8.42 Å². The van der Waals surface area contributed by atoms with E-state index in [0.717, 1.165) is 23.4 Å². The standard InChI is InChI=1S/C15H28N2O6S/c1-4-12(5-2)8-14(18)16-6-7-23-13(9-16)10-17(11-15(19)20)24(3,21)22/h12-13H,4-11H2,1-3H3,(H,19,20). The van der Waals surface area contributed by atoms with Crippen molar-refractivity contribution in [2.24, 2.45) is 5.92 Å². The molecule has 0 aromatic rings. The molecule has 1 N–H and O–H groups in total. The number of carbonyl (C=O) groups excluding carboxylic acids is 1. The van der Waals surface area contributed by atoms with Crippen LogP contribution in [0, 0.1) is 5.92 Å². The molecule has 0 aliphatic carbocycles. The molecule has 0 bridgehead atoms. The van der Waals surface area contributed by atoms with E-state index in [-0.39, 0.29) is 19.0 Å². The van der Waals surface area contributed by atoms with Gasteiger partial charge in [0.25, 0.3) is 0 Å². The average Bonchev–Trinajstić information content (AvgIpc) is 2.50. The summed E-state index contributed by atoms with van der Waals surface area (Å²) in [6.45, 7) is 4.51. The molecule has 1 amide bonds. The summed E-state index contributed by atoms with van der Waals surface area (Å²) in [7, 11) is -3.65. The number of ether oxygens (including phenoxy) is 1. The molecule has 9 heteroatoms. The average molecular weight is 364 g/mol. The summed E-state index contributed by atoms with van der Waals surface area (Å²) in [6.07, 6.45) is 2.81. The van der Waals surface area contributed by atoms with Crippen LogP contribution in [0.2, 0.25) is 0 Å². The molecule has 1 heterocycles. The molecule has 140 valence electrons. The highest BCUT2D eigenvalue weighted by molar-refractivity contribution is 7.88. The normalized spacial score (nSPS) is 19.0. The molecule has 8 nitrogen and oxygen atoms in total. The number of hydrogen-bond acceptors (Lipinski definition) is 5. The van der Waals surface area contributed by atoms with Crippen LogP contribution in [-0.2, 0) is 24.3 Å². The molecule has 1 aliphatic rings. The van der Waals surface area contributed by atoms with Gasteiger partial charge in [-0.05, 0) is 5.92 Å². The lowest BCUT2D eigenvalue weighted by atomic mass is 9.98. The smallest absolute Gasteiger partial charge is 0.318 e. The van der Waals surface area contributed by atoms with Gasteiger partial charge in [0.15, 0.2) is 0 Å². The molecular formula is C15H28N2O6S. The van der Waals surface area contributed by atoms with Crippen LogP contribution in [0.15, 0.2) is 0 Å². The molecule has 1 fully saturated rings. The first-order valence-corrected chi connectivity index (χ1v) is 10.1. The maximum atomic E-state index is 12.4. The van der Waals surface area contributed by atoms with E-state index in [1.54, 1.807) is 4.90 Å². The Balaban J connectivity index is 2.67. The highest BCUT2D eigenvalue weighted by Crippen LogP contribution is 2.16. The van der Waals surface area contributed by atoms with Gasteiger partial charge in [0.05, 0.1) is 19.0 Å². The van der Waals surface area contributed by atoms with E-state index >= 15 is 0 Å². The molecule has 0 aromatic heterocycles. The van der Waals surface area contributed by atoms with E-state index in [2.05, 4.69) is 13.8 Å². The molecule has 0 spiro atoms. The van der Waals surface area contributed by atoms with Crippen LogP contribution in [0.3, 0.4) is 0 Å². The number of carboxylic acids is 1.